The summed E-state index contributed by atoms with van der Waals surface area (Å²) in [5.41, 5.74) is 0.937. The maximum absolute atomic E-state index is 11.2. The van der Waals surface area contributed by atoms with Gasteiger partial charge in [0, 0.05) is 6.07 Å². The van der Waals surface area contributed by atoms with E-state index in [-0.39, 0.29) is 17.4 Å². The smallest absolute Gasteiger partial charge is 0.316 e. The molecule has 0 radical (unpaired) electrons. The van der Waals surface area contributed by atoms with Gasteiger partial charge in [0.1, 0.15) is 0 Å². The number of thioether (sulfide) groups is 1. The molecule has 1 aromatic rings. The monoisotopic (exact) mass is 255 g/mol. The molecule has 0 spiro atoms. The van der Waals surface area contributed by atoms with Crippen molar-refractivity contribution in [2.24, 2.45) is 0 Å². The van der Waals surface area contributed by atoms with Crippen LogP contribution in [0.5, 0.6) is 0 Å². The van der Waals surface area contributed by atoms with E-state index in [2.05, 4.69) is 0 Å². The van der Waals surface area contributed by atoms with Gasteiger partial charge in [0.15, 0.2) is 0 Å². The number of nitrogens with zero attached hydrogens (tertiary/aromatic N) is 1. The van der Waals surface area contributed by atoms with Crippen LogP contribution in [-0.4, -0.2) is 23.3 Å². The highest BCUT2D eigenvalue weighted by Gasteiger charge is 2.15. The number of carbonyl (C=O) groups excluding carboxylic acids is 1. The van der Waals surface area contributed by atoms with Crippen molar-refractivity contribution in [3.8, 4) is 0 Å². The Morgan fingerprint density at radius 2 is 2.24 bits per heavy atom. The van der Waals surface area contributed by atoms with Gasteiger partial charge in [-0.3, -0.25) is 14.9 Å². The van der Waals surface area contributed by atoms with Crippen LogP contribution in [0.15, 0.2) is 23.1 Å². The predicted octanol–water partition coefficient (Wildman–Crippen LogP) is 2.56. The number of esters is 1. The summed E-state index contributed by atoms with van der Waals surface area (Å²) >= 11 is 1.12. The molecule has 0 amide bonds. The quantitative estimate of drug-likeness (QED) is 0.350. The fraction of sp³-hybridized carbons (Fsp3) is 0.364. The Bertz CT molecular complexity index is 433. The van der Waals surface area contributed by atoms with Crippen LogP contribution < -0.4 is 0 Å². The van der Waals surface area contributed by atoms with Crippen molar-refractivity contribution in [3.05, 3.63) is 33.9 Å². The Morgan fingerprint density at radius 1 is 1.53 bits per heavy atom. The van der Waals surface area contributed by atoms with Crippen LogP contribution in [0.3, 0.4) is 0 Å². The zero-order valence-corrected chi connectivity index (χ0v) is 10.5. The fourth-order valence-electron chi connectivity index (χ4n) is 1.23. The van der Waals surface area contributed by atoms with Crippen molar-refractivity contribution < 1.29 is 14.5 Å². The third-order valence-electron chi connectivity index (χ3n) is 1.96. The summed E-state index contributed by atoms with van der Waals surface area (Å²) in [6.07, 6.45) is 0. The molecule has 0 saturated carbocycles. The molecule has 17 heavy (non-hydrogen) atoms. The number of aryl methyl sites for hydroxylation is 1. The summed E-state index contributed by atoms with van der Waals surface area (Å²) in [7, 11) is 0. The van der Waals surface area contributed by atoms with Crippen LogP contribution >= 0.6 is 11.8 Å². The molecule has 0 bridgehead atoms. The molecule has 0 N–H and O–H groups in total. The maximum atomic E-state index is 11.2. The summed E-state index contributed by atoms with van der Waals surface area (Å²) < 4.78 is 4.76. The van der Waals surface area contributed by atoms with E-state index in [0.29, 0.717) is 11.5 Å². The first-order chi connectivity index (χ1) is 8.04. The zero-order valence-electron chi connectivity index (χ0n) is 9.63. The molecule has 0 atom stereocenters. The Balaban J connectivity index is 2.78. The Kier molecular flexibility index (Phi) is 4.96. The minimum atomic E-state index is -0.451. The van der Waals surface area contributed by atoms with Crippen LogP contribution in [0.2, 0.25) is 0 Å². The van der Waals surface area contributed by atoms with Crippen molar-refractivity contribution in [2.75, 3.05) is 12.4 Å². The molecule has 0 unspecified atom stereocenters. The first-order valence-electron chi connectivity index (χ1n) is 5.08. The molecule has 0 fully saturated rings. The number of ether oxygens (including phenoxy) is 1. The van der Waals surface area contributed by atoms with E-state index in [9.17, 15) is 14.9 Å². The number of hydrogen-bond donors (Lipinski definition) is 0. The average Bonchev–Trinajstić information content (AvgIpc) is 2.26. The number of nitro benzene ring substituents is 1. The lowest BCUT2D eigenvalue weighted by Crippen LogP contribution is -2.06. The van der Waals surface area contributed by atoms with Gasteiger partial charge in [0.2, 0.25) is 0 Å². The first-order valence-corrected chi connectivity index (χ1v) is 6.06. The van der Waals surface area contributed by atoms with E-state index in [1.165, 1.54) is 6.07 Å². The summed E-state index contributed by atoms with van der Waals surface area (Å²) in [6, 6.07) is 4.82. The van der Waals surface area contributed by atoms with E-state index in [1.807, 2.05) is 6.92 Å². The summed E-state index contributed by atoms with van der Waals surface area (Å²) in [5.74, 6) is -0.286. The molecule has 0 aliphatic rings. The topological polar surface area (TPSA) is 69.4 Å². The van der Waals surface area contributed by atoms with Crippen LogP contribution in [0.4, 0.5) is 5.69 Å². The Labute approximate surface area is 103 Å². The molecule has 0 heterocycles. The molecule has 5 nitrogen and oxygen atoms in total. The highest BCUT2D eigenvalue weighted by Crippen LogP contribution is 2.29. The number of nitro groups is 1. The number of benzene rings is 1. The van der Waals surface area contributed by atoms with E-state index in [4.69, 9.17) is 4.74 Å². The molecule has 0 saturated heterocycles. The number of hydrogen-bond acceptors (Lipinski definition) is 5. The van der Waals surface area contributed by atoms with Crippen molar-refractivity contribution in [3.63, 3.8) is 0 Å². The van der Waals surface area contributed by atoms with Gasteiger partial charge in [-0.25, -0.2) is 0 Å². The van der Waals surface area contributed by atoms with E-state index in [0.717, 1.165) is 17.3 Å². The van der Waals surface area contributed by atoms with Gasteiger partial charge in [-0.2, -0.15) is 0 Å². The third kappa shape index (κ3) is 4.07. The molecule has 1 aromatic carbocycles. The summed E-state index contributed by atoms with van der Waals surface area (Å²) in [5, 5.41) is 10.8. The van der Waals surface area contributed by atoms with Crippen molar-refractivity contribution in [2.45, 2.75) is 18.7 Å². The van der Waals surface area contributed by atoms with Gasteiger partial charge in [0.05, 0.1) is 22.2 Å². The lowest BCUT2D eigenvalue weighted by molar-refractivity contribution is -0.387. The zero-order chi connectivity index (χ0) is 12.8. The number of carbonyl (C=O) groups is 1. The van der Waals surface area contributed by atoms with Gasteiger partial charge in [0.25, 0.3) is 5.69 Å². The third-order valence-corrected chi connectivity index (χ3v) is 2.98. The first kappa shape index (κ1) is 13.5. The second-order valence-electron chi connectivity index (χ2n) is 3.32. The Morgan fingerprint density at radius 3 is 2.82 bits per heavy atom. The standard InChI is InChI=1S/C11H13NO4S/c1-3-16-11(13)7-17-10-6-8(2)4-5-9(10)12(14)15/h4-6H,3,7H2,1-2H3. The van der Waals surface area contributed by atoms with Gasteiger partial charge in [-0.15, -0.1) is 11.8 Å². The van der Waals surface area contributed by atoms with Crippen molar-refractivity contribution in [1.82, 2.24) is 0 Å². The highest BCUT2D eigenvalue weighted by molar-refractivity contribution is 8.00. The number of rotatable bonds is 5. The van der Waals surface area contributed by atoms with Gasteiger partial charge in [-0.05, 0) is 25.5 Å². The summed E-state index contributed by atoms with van der Waals surface area (Å²) in [4.78, 5) is 22.0. The van der Waals surface area contributed by atoms with Crippen LogP contribution in [0.1, 0.15) is 12.5 Å². The molecule has 0 aliphatic heterocycles. The van der Waals surface area contributed by atoms with E-state index >= 15 is 0 Å². The average molecular weight is 255 g/mol. The normalized spacial score (nSPS) is 10.0. The van der Waals surface area contributed by atoms with Gasteiger partial charge >= 0.3 is 5.97 Å². The van der Waals surface area contributed by atoms with Crippen molar-refractivity contribution >= 4 is 23.4 Å². The van der Waals surface area contributed by atoms with E-state index < -0.39 is 4.92 Å². The molecule has 0 aliphatic carbocycles. The fourth-order valence-corrected chi connectivity index (χ4v) is 2.14. The largest absolute Gasteiger partial charge is 0.465 e. The van der Waals surface area contributed by atoms with Gasteiger partial charge in [-0.1, -0.05) is 6.07 Å². The second-order valence-corrected chi connectivity index (χ2v) is 4.34. The second kappa shape index (κ2) is 6.24. The minimum Gasteiger partial charge on any atom is -0.465 e. The molecule has 0 aromatic heterocycles. The van der Waals surface area contributed by atoms with Crippen LogP contribution in [-0.2, 0) is 9.53 Å². The highest BCUT2D eigenvalue weighted by atomic mass is 32.2. The van der Waals surface area contributed by atoms with Crippen molar-refractivity contribution in [1.29, 1.82) is 0 Å². The molecular weight excluding hydrogens is 242 g/mol. The minimum absolute atomic E-state index is 0.0184. The molecular formula is C11H13NO4S. The van der Waals surface area contributed by atoms with E-state index in [1.54, 1.807) is 19.1 Å². The molecule has 92 valence electrons. The predicted molar refractivity (Wildman–Crippen MR) is 65.2 cm³/mol. The van der Waals surface area contributed by atoms with Crippen LogP contribution in [0, 0.1) is 17.0 Å². The van der Waals surface area contributed by atoms with Crippen LogP contribution in [0.25, 0.3) is 0 Å². The maximum Gasteiger partial charge on any atom is 0.316 e. The summed E-state index contributed by atoms with van der Waals surface area (Å²) in [6.45, 7) is 3.88. The SMILES string of the molecule is CCOC(=O)CSc1cc(C)ccc1[N+](=O)[O-]. The lowest BCUT2D eigenvalue weighted by atomic mass is 10.2. The Hall–Kier alpha value is -1.56. The van der Waals surface area contributed by atoms with Gasteiger partial charge < -0.3 is 4.74 Å². The molecule has 6 heteroatoms. The lowest BCUT2D eigenvalue weighted by Gasteiger charge is -2.04. The molecule has 1 rings (SSSR count).